The first-order valence-corrected chi connectivity index (χ1v) is 9.90. The Hall–Kier alpha value is -2.04. The van der Waals surface area contributed by atoms with E-state index in [0.717, 1.165) is 40.5 Å². The number of benzene rings is 2. The van der Waals surface area contributed by atoms with Crippen molar-refractivity contribution >= 4 is 23.4 Å². The van der Waals surface area contributed by atoms with Gasteiger partial charge in [0.1, 0.15) is 5.60 Å². The van der Waals surface area contributed by atoms with E-state index in [0.29, 0.717) is 0 Å². The number of ether oxygens (including phenoxy) is 1. The molecule has 0 aliphatic rings. The van der Waals surface area contributed by atoms with Crippen LogP contribution in [0.15, 0.2) is 42.5 Å². The number of carbonyl (C=O) groups excluding carboxylic acids is 1. The zero-order chi connectivity index (χ0) is 20.9. The van der Waals surface area contributed by atoms with Crippen LogP contribution in [0.4, 0.5) is 10.5 Å². The van der Waals surface area contributed by atoms with Gasteiger partial charge in [-0.3, -0.25) is 5.32 Å². The maximum Gasteiger partial charge on any atom is 0.412 e. The normalized spacial score (nSPS) is 12.0. The summed E-state index contributed by atoms with van der Waals surface area (Å²) in [4.78, 5) is 12.0. The molecule has 5 heteroatoms. The molecule has 2 aromatic rings. The lowest BCUT2D eigenvalue weighted by molar-refractivity contribution is 0.0636. The Kier molecular flexibility index (Phi) is 7.13. The number of halogens is 1. The predicted molar refractivity (Wildman–Crippen MR) is 117 cm³/mol. The minimum absolute atomic E-state index is 0.111. The molecular weight excluding hydrogens is 372 g/mol. The van der Waals surface area contributed by atoms with Gasteiger partial charge in [0, 0.05) is 29.2 Å². The summed E-state index contributed by atoms with van der Waals surface area (Å²) in [7, 11) is 0. The molecule has 2 rings (SSSR count). The van der Waals surface area contributed by atoms with Gasteiger partial charge in [0.15, 0.2) is 0 Å². The van der Waals surface area contributed by atoms with Crippen LogP contribution in [0.2, 0.25) is 5.02 Å². The van der Waals surface area contributed by atoms with Gasteiger partial charge in [-0.2, -0.15) is 0 Å². The highest BCUT2D eigenvalue weighted by atomic mass is 35.5. The SMILES string of the molecule is Cc1ccc(CNCC(C)(C)c2cccc(NC(=O)OC(C)(C)C)c2)cc1Cl. The third-order valence-electron chi connectivity index (χ3n) is 4.42. The van der Waals surface area contributed by atoms with Crippen LogP contribution in [0.5, 0.6) is 0 Å². The van der Waals surface area contributed by atoms with E-state index in [2.05, 4.69) is 36.6 Å². The molecule has 2 aromatic carbocycles. The minimum atomic E-state index is -0.524. The summed E-state index contributed by atoms with van der Waals surface area (Å²) in [5, 5.41) is 7.11. The Bertz CT molecular complexity index is 826. The van der Waals surface area contributed by atoms with Gasteiger partial charge in [-0.05, 0) is 62.6 Å². The summed E-state index contributed by atoms with van der Waals surface area (Å²) in [6, 6.07) is 14.0. The first kappa shape index (κ1) is 22.3. The van der Waals surface area contributed by atoms with Gasteiger partial charge in [-0.25, -0.2) is 4.79 Å². The molecule has 0 saturated carbocycles. The molecule has 0 aliphatic heterocycles. The fourth-order valence-electron chi connectivity index (χ4n) is 2.81. The van der Waals surface area contributed by atoms with Crippen molar-refractivity contribution in [1.29, 1.82) is 0 Å². The summed E-state index contributed by atoms with van der Waals surface area (Å²) in [5.41, 5.74) is 3.47. The molecule has 0 bridgehead atoms. The highest BCUT2D eigenvalue weighted by Crippen LogP contribution is 2.25. The van der Waals surface area contributed by atoms with E-state index in [1.165, 1.54) is 0 Å². The number of hydrogen-bond acceptors (Lipinski definition) is 3. The number of hydrogen-bond donors (Lipinski definition) is 2. The number of carbonyl (C=O) groups is 1. The van der Waals surface area contributed by atoms with Gasteiger partial charge in [0.25, 0.3) is 0 Å². The minimum Gasteiger partial charge on any atom is -0.444 e. The molecule has 2 N–H and O–H groups in total. The summed E-state index contributed by atoms with van der Waals surface area (Å²) in [6.45, 7) is 13.4. The molecular formula is C23H31ClN2O2. The van der Waals surface area contributed by atoms with Gasteiger partial charge in [-0.1, -0.05) is 49.7 Å². The number of nitrogens with one attached hydrogen (secondary N) is 2. The van der Waals surface area contributed by atoms with Crippen LogP contribution in [-0.2, 0) is 16.7 Å². The van der Waals surface area contributed by atoms with Crippen LogP contribution in [0.1, 0.15) is 51.3 Å². The number of amides is 1. The smallest absolute Gasteiger partial charge is 0.412 e. The average molecular weight is 403 g/mol. The largest absolute Gasteiger partial charge is 0.444 e. The monoisotopic (exact) mass is 402 g/mol. The van der Waals surface area contributed by atoms with Crippen molar-refractivity contribution in [1.82, 2.24) is 5.32 Å². The van der Waals surface area contributed by atoms with E-state index in [4.69, 9.17) is 16.3 Å². The second-order valence-corrected chi connectivity index (χ2v) is 9.19. The third kappa shape index (κ3) is 6.84. The highest BCUT2D eigenvalue weighted by Gasteiger charge is 2.21. The van der Waals surface area contributed by atoms with Crippen molar-refractivity contribution < 1.29 is 9.53 Å². The van der Waals surface area contributed by atoms with Crippen LogP contribution >= 0.6 is 11.6 Å². The van der Waals surface area contributed by atoms with Crippen LogP contribution in [0.3, 0.4) is 0 Å². The summed E-state index contributed by atoms with van der Waals surface area (Å²) >= 11 is 6.21. The van der Waals surface area contributed by atoms with Crippen molar-refractivity contribution in [3.05, 3.63) is 64.2 Å². The Labute approximate surface area is 173 Å². The Balaban J connectivity index is 1.98. The van der Waals surface area contributed by atoms with Crippen molar-refractivity contribution in [2.24, 2.45) is 0 Å². The molecule has 0 saturated heterocycles. The summed E-state index contributed by atoms with van der Waals surface area (Å²) < 4.78 is 5.33. The Morgan fingerprint density at radius 1 is 1.07 bits per heavy atom. The molecule has 28 heavy (non-hydrogen) atoms. The van der Waals surface area contributed by atoms with Crippen molar-refractivity contribution in [3.63, 3.8) is 0 Å². The van der Waals surface area contributed by atoms with Gasteiger partial charge in [0.2, 0.25) is 0 Å². The molecule has 0 fully saturated rings. The Morgan fingerprint density at radius 3 is 2.43 bits per heavy atom. The zero-order valence-corrected chi connectivity index (χ0v) is 18.4. The van der Waals surface area contributed by atoms with E-state index in [9.17, 15) is 4.79 Å². The lowest BCUT2D eigenvalue weighted by Gasteiger charge is -2.27. The maximum atomic E-state index is 12.0. The first-order valence-electron chi connectivity index (χ1n) is 9.52. The molecule has 0 unspecified atom stereocenters. The van der Waals surface area contributed by atoms with Crippen molar-refractivity contribution in [3.8, 4) is 0 Å². The van der Waals surface area contributed by atoms with Gasteiger partial charge >= 0.3 is 6.09 Å². The lowest BCUT2D eigenvalue weighted by atomic mass is 9.84. The van der Waals surface area contributed by atoms with E-state index in [-0.39, 0.29) is 5.41 Å². The molecule has 152 valence electrons. The summed E-state index contributed by atoms with van der Waals surface area (Å²) in [6.07, 6.45) is -0.447. The zero-order valence-electron chi connectivity index (χ0n) is 17.7. The lowest BCUT2D eigenvalue weighted by Crippen LogP contribution is -2.33. The second-order valence-electron chi connectivity index (χ2n) is 8.78. The van der Waals surface area contributed by atoms with Crippen LogP contribution in [0.25, 0.3) is 0 Å². The molecule has 1 amide bonds. The average Bonchev–Trinajstić information content (AvgIpc) is 2.56. The molecule has 0 atom stereocenters. The molecule has 4 nitrogen and oxygen atoms in total. The highest BCUT2D eigenvalue weighted by molar-refractivity contribution is 6.31. The quantitative estimate of drug-likeness (QED) is 0.617. The predicted octanol–water partition coefficient (Wildman–Crippen LogP) is 6.06. The van der Waals surface area contributed by atoms with Crippen molar-refractivity contribution in [2.45, 2.75) is 59.1 Å². The molecule has 0 aromatic heterocycles. The van der Waals surface area contributed by atoms with E-state index < -0.39 is 11.7 Å². The molecule has 0 radical (unpaired) electrons. The fourth-order valence-corrected chi connectivity index (χ4v) is 3.01. The van der Waals surface area contributed by atoms with E-state index >= 15 is 0 Å². The fraction of sp³-hybridized carbons (Fsp3) is 0.435. The van der Waals surface area contributed by atoms with E-state index in [1.54, 1.807) is 0 Å². The van der Waals surface area contributed by atoms with Crippen LogP contribution in [0, 0.1) is 6.92 Å². The maximum absolute atomic E-state index is 12.0. The molecule has 0 aliphatic carbocycles. The molecule has 0 spiro atoms. The third-order valence-corrected chi connectivity index (χ3v) is 4.83. The van der Waals surface area contributed by atoms with Gasteiger partial charge in [0.05, 0.1) is 0 Å². The van der Waals surface area contributed by atoms with Crippen molar-refractivity contribution in [2.75, 3.05) is 11.9 Å². The van der Waals surface area contributed by atoms with Gasteiger partial charge in [-0.15, -0.1) is 0 Å². The number of anilines is 1. The Morgan fingerprint density at radius 2 is 1.79 bits per heavy atom. The summed E-state index contributed by atoms with van der Waals surface area (Å²) in [5.74, 6) is 0. The first-order chi connectivity index (χ1) is 13.0. The number of aryl methyl sites for hydroxylation is 1. The number of rotatable bonds is 6. The molecule has 0 heterocycles. The van der Waals surface area contributed by atoms with E-state index in [1.807, 2.05) is 58.0 Å². The van der Waals surface area contributed by atoms with Crippen LogP contribution < -0.4 is 10.6 Å². The topological polar surface area (TPSA) is 50.4 Å². The van der Waals surface area contributed by atoms with Gasteiger partial charge < -0.3 is 10.1 Å². The standard InChI is InChI=1S/C23H31ClN2O2/c1-16-10-11-17(12-20(16)24)14-25-15-23(5,6)18-8-7-9-19(13-18)26-21(27)28-22(2,3)4/h7-13,25H,14-15H2,1-6H3,(H,26,27). The second kappa shape index (κ2) is 8.97. The van der Waals surface area contributed by atoms with Crippen LogP contribution in [-0.4, -0.2) is 18.2 Å².